The first kappa shape index (κ1) is 21.6. The van der Waals surface area contributed by atoms with E-state index in [1.807, 2.05) is 35.2 Å². The molecule has 1 N–H and O–H groups in total. The van der Waals surface area contributed by atoms with Gasteiger partial charge in [-0.25, -0.2) is 0 Å². The van der Waals surface area contributed by atoms with Gasteiger partial charge in [0.05, 0.1) is 22.4 Å². The summed E-state index contributed by atoms with van der Waals surface area (Å²) in [6.45, 7) is 4.65. The standard InChI is InChI=1S/C24H29ClN4O2/c1-17(30)26-15-18-7-10-21(27-16-18)22-6-5-13-29(22)24(31)19-8-9-20(25)23(14-19)28-11-3-2-4-12-28/h7-10,14,16,22H,2-6,11-13,15H2,1H3,(H,26,30)/t22-/m1/s1. The van der Waals surface area contributed by atoms with Crippen LogP contribution >= 0.6 is 11.6 Å². The Morgan fingerprint density at radius 3 is 2.61 bits per heavy atom. The normalized spacial score (nSPS) is 18.8. The molecule has 0 bridgehead atoms. The summed E-state index contributed by atoms with van der Waals surface area (Å²) in [6.07, 6.45) is 7.20. The zero-order valence-electron chi connectivity index (χ0n) is 17.9. The fraction of sp³-hybridized carbons (Fsp3) is 0.458. The smallest absolute Gasteiger partial charge is 0.254 e. The summed E-state index contributed by atoms with van der Waals surface area (Å²) in [4.78, 5) is 33.3. The molecule has 2 fully saturated rings. The van der Waals surface area contributed by atoms with Crippen LogP contribution < -0.4 is 10.2 Å². The van der Waals surface area contributed by atoms with Crippen LogP contribution in [0.25, 0.3) is 0 Å². The zero-order valence-corrected chi connectivity index (χ0v) is 18.7. The molecule has 7 heteroatoms. The third-order valence-electron chi connectivity index (χ3n) is 6.13. The van der Waals surface area contributed by atoms with Gasteiger partial charge in [-0.3, -0.25) is 14.6 Å². The maximum absolute atomic E-state index is 13.4. The fourth-order valence-electron chi connectivity index (χ4n) is 4.47. The van der Waals surface area contributed by atoms with Crippen molar-refractivity contribution in [1.82, 2.24) is 15.2 Å². The number of nitrogens with one attached hydrogen (secondary N) is 1. The van der Waals surface area contributed by atoms with Crippen LogP contribution in [0.2, 0.25) is 5.02 Å². The molecule has 1 aromatic heterocycles. The van der Waals surface area contributed by atoms with E-state index in [1.54, 1.807) is 6.20 Å². The second-order valence-corrected chi connectivity index (χ2v) is 8.78. The summed E-state index contributed by atoms with van der Waals surface area (Å²) in [7, 11) is 0. The number of benzene rings is 1. The van der Waals surface area contributed by atoms with Crippen molar-refractivity contribution in [3.05, 3.63) is 58.4 Å². The summed E-state index contributed by atoms with van der Waals surface area (Å²) >= 11 is 6.48. The van der Waals surface area contributed by atoms with Gasteiger partial charge in [-0.2, -0.15) is 0 Å². The number of nitrogens with zero attached hydrogens (tertiary/aromatic N) is 3. The van der Waals surface area contributed by atoms with Crippen LogP contribution in [0, 0.1) is 0 Å². The van der Waals surface area contributed by atoms with Crippen LogP contribution in [0.15, 0.2) is 36.5 Å². The first-order valence-corrected chi connectivity index (χ1v) is 11.5. The van der Waals surface area contributed by atoms with Gasteiger partial charge in [-0.1, -0.05) is 17.7 Å². The Morgan fingerprint density at radius 1 is 1.10 bits per heavy atom. The van der Waals surface area contributed by atoms with E-state index >= 15 is 0 Å². The molecule has 3 heterocycles. The molecule has 2 aromatic rings. The van der Waals surface area contributed by atoms with E-state index in [0.717, 1.165) is 62.3 Å². The molecule has 31 heavy (non-hydrogen) atoms. The Bertz CT molecular complexity index is 941. The molecule has 0 saturated carbocycles. The van der Waals surface area contributed by atoms with Gasteiger partial charge in [0.15, 0.2) is 0 Å². The van der Waals surface area contributed by atoms with Crippen molar-refractivity contribution in [3.63, 3.8) is 0 Å². The van der Waals surface area contributed by atoms with Gasteiger partial charge >= 0.3 is 0 Å². The second-order valence-electron chi connectivity index (χ2n) is 8.37. The van der Waals surface area contributed by atoms with Crippen molar-refractivity contribution >= 4 is 29.1 Å². The first-order valence-electron chi connectivity index (χ1n) is 11.1. The van der Waals surface area contributed by atoms with Crippen molar-refractivity contribution in [1.29, 1.82) is 0 Å². The Kier molecular flexibility index (Phi) is 6.76. The molecule has 0 radical (unpaired) electrons. The molecule has 2 aliphatic rings. The number of rotatable bonds is 5. The van der Waals surface area contributed by atoms with Gasteiger partial charge in [0.2, 0.25) is 5.91 Å². The van der Waals surface area contributed by atoms with Crippen molar-refractivity contribution in [3.8, 4) is 0 Å². The Balaban J connectivity index is 1.51. The van der Waals surface area contributed by atoms with E-state index in [9.17, 15) is 9.59 Å². The SMILES string of the molecule is CC(=O)NCc1ccc([C@H]2CCCN2C(=O)c2ccc(Cl)c(N3CCCCC3)c2)nc1. The number of carbonyl (C=O) groups excluding carboxylic acids is 2. The van der Waals surface area contributed by atoms with Crippen LogP contribution in [0.3, 0.4) is 0 Å². The largest absolute Gasteiger partial charge is 0.370 e. The molecule has 2 amide bonds. The maximum atomic E-state index is 13.4. The number of pyridine rings is 1. The Labute approximate surface area is 188 Å². The minimum Gasteiger partial charge on any atom is -0.370 e. The highest BCUT2D eigenvalue weighted by atomic mass is 35.5. The Hall–Kier alpha value is -2.60. The molecule has 0 unspecified atom stereocenters. The monoisotopic (exact) mass is 440 g/mol. The lowest BCUT2D eigenvalue weighted by Crippen LogP contribution is -2.32. The molecule has 164 valence electrons. The number of aromatic nitrogens is 1. The van der Waals surface area contributed by atoms with Crippen LogP contribution in [-0.4, -0.2) is 41.3 Å². The highest BCUT2D eigenvalue weighted by Gasteiger charge is 2.32. The predicted molar refractivity (Wildman–Crippen MR) is 122 cm³/mol. The van der Waals surface area contributed by atoms with Crippen molar-refractivity contribution in [2.24, 2.45) is 0 Å². The predicted octanol–water partition coefficient (Wildman–Crippen LogP) is 4.34. The number of amides is 2. The van der Waals surface area contributed by atoms with E-state index in [1.165, 1.54) is 13.3 Å². The van der Waals surface area contributed by atoms with E-state index in [-0.39, 0.29) is 17.9 Å². The number of piperidine rings is 1. The van der Waals surface area contributed by atoms with Crippen LogP contribution in [-0.2, 0) is 11.3 Å². The quantitative estimate of drug-likeness (QED) is 0.751. The summed E-state index contributed by atoms with van der Waals surface area (Å²) in [6, 6.07) is 9.53. The molecule has 1 atom stereocenters. The first-order chi connectivity index (χ1) is 15.0. The van der Waals surface area contributed by atoms with Crippen LogP contribution in [0.5, 0.6) is 0 Å². The Morgan fingerprint density at radius 2 is 1.90 bits per heavy atom. The minimum absolute atomic E-state index is 0.0292. The summed E-state index contributed by atoms with van der Waals surface area (Å²) in [5.74, 6) is -0.0370. The molecule has 4 rings (SSSR count). The fourth-order valence-corrected chi connectivity index (χ4v) is 4.71. The van der Waals surface area contributed by atoms with Gasteiger partial charge in [0, 0.05) is 44.9 Å². The van der Waals surface area contributed by atoms with E-state index in [2.05, 4.69) is 15.2 Å². The topological polar surface area (TPSA) is 65.5 Å². The zero-order chi connectivity index (χ0) is 21.8. The van der Waals surface area contributed by atoms with E-state index in [0.29, 0.717) is 17.1 Å². The second kappa shape index (κ2) is 9.69. The summed E-state index contributed by atoms with van der Waals surface area (Å²) < 4.78 is 0. The van der Waals surface area contributed by atoms with Crippen molar-refractivity contribution < 1.29 is 9.59 Å². The maximum Gasteiger partial charge on any atom is 0.254 e. The molecule has 0 aliphatic carbocycles. The molecular weight excluding hydrogens is 412 g/mol. The number of carbonyl (C=O) groups is 2. The van der Waals surface area contributed by atoms with Crippen molar-refractivity contribution in [2.75, 3.05) is 24.5 Å². The number of anilines is 1. The average Bonchev–Trinajstić information content (AvgIpc) is 3.28. The van der Waals surface area contributed by atoms with Gasteiger partial charge in [-0.15, -0.1) is 0 Å². The summed E-state index contributed by atoms with van der Waals surface area (Å²) in [5.41, 5.74) is 3.48. The van der Waals surface area contributed by atoms with Crippen LogP contribution in [0.1, 0.15) is 66.7 Å². The molecule has 2 saturated heterocycles. The molecule has 6 nitrogen and oxygen atoms in total. The molecular formula is C24H29ClN4O2. The highest BCUT2D eigenvalue weighted by molar-refractivity contribution is 6.33. The molecule has 2 aliphatic heterocycles. The minimum atomic E-state index is -0.0662. The third kappa shape index (κ3) is 5.01. The summed E-state index contributed by atoms with van der Waals surface area (Å²) in [5, 5.41) is 3.48. The number of likely N-dealkylation sites (tertiary alicyclic amines) is 1. The van der Waals surface area contributed by atoms with Gasteiger partial charge in [0.25, 0.3) is 5.91 Å². The van der Waals surface area contributed by atoms with Gasteiger partial charge < -0.3 is 15.1 Å². The lowest BCUT2D eigenvalue weighted by molar-refractivity contribution is -0.119. The number of hydrogen-bond acceptors (Lipinski definition) is 4. The number of halogens is 1. The van der Waals surface area contributed by atoms with Gasteiger partial charge in [-0.05, 0) is 61.9 Å². The van der Waals surface area contributed by atoms with E-state index < -0.39 is 0 Å². The lowest BCUT2D eigenvalue weighted by atomic mass is 10.1. The molecule has 0 spiro atoms. The highest BCUT2D eigenvalue weighted by Crippen LogP contribution is 2.34. The van der Waals surface area contributed by atoms with Gasteiger partial charge in [0.1, 0.15) is 0 Å². The average molecular weight is 441 g/mol. The third-order valence-corrected chi connectivity index (χ3v) is 6.45. The molecule has 1 aromatic carbocycles. The number of hydrogen-bond donors (Lipinski definition) is 1. The van der Waals surface area contributed by atoms with Crippen molar-refractivity contribution in [2.45, 2.75) is 51.6 Å². The lowest BCUT2D eigenvalue weighted by Gasteiger charge is -2.30. The van der Waals surface area contributed by atoms with Crippen LogP contribution in [0.4, 0.5) is 5.69 Å². The van der Waals surface area contributed by atoms with E-state index in [4.69, 9.17) is 11.6 Å².